The van der Waals surface area contributed by atoms with E-state index >= 15 is 0 Å². The summed E-state index contributed by atoms with van der Waals surface area (Å²) in [7, 11) is -1.82. The van der Waals surface area contributed by atoms with E-state index in [4.69, 9.17) is 23.4 Å². The molecular weight excluding hydrogens is 384 g/mol. The molecule has 2 saturated heterocycles. The van der Waals surface area contributed by atoms with Gasteiger partial charge in [-0.15, -0.1) is 0 Å². The fourth-order valence-electron chi connectivity index (χ4n) is 3.57. The second-order valence-electron chi connectivity index (χ2n) is 10.4. The molecule has 2 aliphatic heterocycles. The summed E-state index contributed by atoms with van der Waals surface area (Å²) in [6, 6.07) is 10.2. The van der Waals surface area contributed by atoms with Crippen LogP contribution in [0.3, 0.4) is 0 Å². The molecule has 29 heavy (non-hydrogen) atoms. The third-order valence-corrected chi connectivity index (χ3v) is 10.9. The lowest BCUT2D eigenvalue weighted by Gasteiger charge is -2.38. The van der Waals surface area contributed by atoms with Crippen LogP contribution in [0.1, 0.15) is 47.1 Å². The second-order valence-corrected chi connectivity index (χ2v) is 15.2. The van der Waals surface area contributed by atoms with Gasteiger partial charge < -0.3 is 23.4 Å². The molecule has 3 rings (SSSR count). The summed E-state index contributed by atoms with van der Waals surface area (Å²) >= 11 is 0. The van der Waals surface area contributed by atoms with Gasteiger partial charge in [0.1, 0.15) is 12.2 Å². The SMILES string of the molecule is C[C@H](CO[Si](C)(C)C(C)(C)C)[C@H]1O[C@@H]2OC(C)(C)O[C@@H]2[C@@H]1OCc1ccccc1. The van der Waals surface area contributed by atoms with Crippen LogP contribution in [0.25, 0.3) is 0 Å². The van der Waals surface area contributed by atoms with Crippen molar-refractivity contribution in [1.29, 1.82) is 0 Å². The van der Waals surface area contributed by atoms with Crippen molar-refractivity contribution in [3.63, 3.8) is 0 Å². The molecule has 0 aliphatic carbocycles. The fourth-order valence-corrected chi connectivity index (χ4v) is 4.68. The van der Waals surface area contributed by atoms with Crippen LogP contribution in [0, 0.1) is 5.92 Å². The van der Waals surface area contributed by atoms with Crippen LogP contribution in [-0.2, 0) is 30.0 Å². The minimum absolute atomic E-state index is 0.130. The summed E-state index contributed by atoms with van der Waals surface area (Å²) < 4.78 is 31.2. The molecule has 0 amide bonds. The standard InChI is InChI=1S/C23H38O5Si/c1-16(14-25-29(7,8)22(2,3)4)18-19(24-15-17-12-10-9-11-13-17)20-21(26-18)28-23(5,6)27-20/h9-13,16,18-21H,14-15H2,1-8H3/t16-,18-,19-,20-,21-/m1/s1. The van der Waals surface area contributed by atoms with Crippen LogP contribution in [0.2, 0.25) is 18.1 Å². The lowest BCUT2D eigenvalue weighted by molar-refractivity contribution is -0.225. The van der Waals surface area contributed by atoms with Crippen molar-refractivity contribution < 1.29 is 23.4 Å². The van der Waals surface area contributed by atoms with Crippen molar-refractivity contribution in [2.75, 3.05) is 6.61 Å². The third-order valence-electron chi connectivity index (χ3n) is 6.39. The minimum atomic E-state index is -1.82. The van der Waals surface area contributed by atoms with E-state index in [1.165, 1.54) is 0 Å². The summed E-state index contributed by atoms with van der Waals surface area (Å²) in [5, 5.41) is 0.180. The first-order chi connectivity index (χ1) is 13.4. The molecule has 5 atom stereocenters. The van der Waals surface area contributed by atoms with E-state index in [2.05, 4.69) is 52.9 Å². The third kappa shape index (κ3) is 5.30. The highest BCUT2D eigenvalue weighted by atomic mass is 28.4. The first-order valence-corrected chi connectivity index (χ1v) is 13.6. The molecule has 2 fully saturated rings. The molecule has 0 spiro atoms. The van der Waals surface area contributed by atoms with Crippen molar-refractivity contribution in [2.45, 2.75) is 96.7 Å². The van der Waals surface area contributed by atoms with Crippen LogP contribution >= 0.6 is 0 Å². The lowest BCUT2D eigenvalue weighted by atomic mass is 9.99. The molecule has 0 bridgehead atoms. The molecule has 0 N–H and O–H groups in total. The summed E-state index contributed by atoms with van der Waals surface area (Å²) in [5.74, 6) is -0.485. The monoisotopic (exact) mass is 422 g/mol. The average molecular weight is 423 g/mol. The van der Waals surface area contributed by atoms with Crippen LogP contribution in [0.4, 0.5) is 0 Å². The van der Waals surface area contributed by atoms with Crippen molar-refractivity contribution in [1.82, 2.24) is 0 Å². The van der Waals surface area contributed by atoms with Crippen molar-refractivity contribution in [2.24, 2.45) is 5.92 Å². The Morgan fingerprint density at radius 2 is 1.76 bits per heavy atom. The molecule has 0 radical (unpaired) electrons. The number of ether oxygens (including phenoxy) is 4. The van der Waals surface area contributed by atoms with Crippen LogP contribution in [0.5, 0.6) is 0 Å². The molecule has 2 heterocycles. The van der Waals surface area contributed by atoms with E-state index in [0.29, 0.717) is 13.2 Å². The Kier molecular flexibility index (Phi) is 6.64. The predicted octanol–water partition coefficient (Wildman–Crippen LogP) is 5.11. The zero-order valence-corrected chi connectivity index (χ0v) is 20.2. The van der Waals surface area contributed by atoms with Crippen LogP contribution in [-0.4, -0.2) is 45.3 Å². The molecular formula is C23H38O5Si. The summed E-state index contributed by atoms with van der Waals surface area (Å²) in [5.41, 5.74) is 1.14. The summed E-state index contributed by atoms with van der Waals surface area (Å²) in [4.78, 5) is 0. The zero-order valence-electron chi connectivity index (χ0n) is 19.2. The molecule has 1 aromatic carbocycles. The fraction of sp³-hybridized carbons (Fsp3) is 0.739. The van der Waals surface area contributed by atoms with Crippen LogP contribution in [0.15, 0.2) is 30.3 Å². The Morgan fingerprint density at radius 3 is 2.38 bits per heavy atom. The largest absolute Gasteiger partial charge is 0.416 e. The summed E-state index contributed by atoms with van der Waals surface area (Å²) in [6.07, 6.45) is -0.949. The van der Waals surface area contributed by atoms with E-state index in [0.717, 1.165) is 5.56 Å². The average Bonchev–Trinajstić information content (AvgIpc) is 3.09. The maximum Gasteiger partial charge on any atom is 0.191 e. The van der Waals surface area contributed by atoms with E-state index in [-0.39, 0.29) is 29.3 Å². The Bertz CT molecular complexity index is 670. The van der Waals surface area contributed by atoms with Gasteiger partial charge in [-0.05, 0) is 37.5 Å². The van der Waals surface area contributed by atoms with Gasteiger partial charge in [0.25, 0.3) is 0 Å². The molecule has 5 nitrogen and oxygen atoms in total. The zero-order chi connectivity index (χ0) is 21.4. The number of fused-ring (bicyclic) bond motifs is 1. The van der Waals surface area contributed by atoms with Gasteiger partial charge in [0.05, 0.1) is 12.7 Å². The van der Waals surface area contributed by atoms with E-state index in [9.17, 15) is 0 Å². The number of hydrogen-bond acceptors (Lipinski definition) is 5. The van der Waals surface area contributed by atoms with Gasteiger partial charge in [-0.1, -0.05) is 58.0 Å². The molecule has 6 heteroatoms. The quantitative estimate of drug-likeness (QED) is 0.572. The topological polar surface area (TPSA) is 46.2 Å². The minimum Gasteiger partial charge on any atom is -0.416 e. The highest BCUT2D eigenvalue weighted by molar-refractivity contribution is 6.74. The van der Waals surface area contributed by atoms with Gasteiger partial charge >= 0.3 is 0 Å². The number of rotatable bonds is 7. The Labute approximate surface area is 177 Å². The molecule has 0 aromatic heterocycles. The number of hydrogen-bond donors (Lipinski definition) is 0. The number of benzene rings is 1. The highest BCUT2D eigenvalue weighted by Crippen LogP contribution is 2.42. The van der Waals surface area contributed by atoms with E-state index in [1.807, 2.05) is 32.0 Å². The molecule has 1 aromatic rings. The Balaban J connectivity index is 1.68. The lowest BCUT2D eigenvalue weighted by Crippen LogP contribution is -2.45. The molecule has 0 unspecified atom stereocenters. The molecule has 2 aliphatic rings. The van der Waals surface area contributed by atoms with Gasteiger partial charge in [0.15, 0.2) is 20.4 Å². The van der Waals surface area contributed by atoms with E-state index < -0.39 is 20.4 Å². The van der Waals surface area contributed by atoms with Crippen molar-refractivity contribution in [3.05, 3.63) is 35.9 Å². The Morgan fingerprint density at radius 1 is 1.10 bits per heavy atom. The predicted molar refractivity (Wildman–Crippen MR) is 116 cm³/mol. The smallest absolute Gasteiger partial charge is 0.191 e. The van der Waals surface area contributed by atoms with Gasteiger partial charge in [0.2, 0.25) is 0 Å². The maximum absolute atomic E-state index is 6.46. The van der Waals surface area contributed by atoms with Crippen molar-refractivity contribution in [3.8, 4) is 0 Å². The molecule has 0 saturated carbocycles. The Hall–Kier alpha value is -0.763. The van der Waals surface area contributed by atoms with Gasteiger partial charge in [0, 0.05) is 12.5 Å². The first-order valence-electron chi connectivity index (χ1n) is 10.7. The first kappa shape index (κ1) is 22.9. The van der Waals surface area contributed by atoms with Crippen molar-refractivity contribution >= 4 is 8.32 Å². The van der Waals surface area contributed by atoms with Gasteiger partial charge in [-0.3, -0.25) is 0 Å². The van der Waals surface area contributed by atoms with Gasteiger partial charge in [-0.2, -0.15) is 0 Å². The normalized spacial score (nSPS) is 30.3. The van der Waals surface area contributed by atoms with Crippen LogP contribution < -0.4 is 0 Å². The maximum atomic E-state index is 6.46. The second kappa shape index (κ2) is 8.40. The highest BCUT2D eigenvalue weighted by Gasteiger charge is 2.56. The molecule has 164 valence electrons. The van der Waals surface area contributed by atoms with E-state index in [1.54, 1.807) is 0 Å². The van der Waals surface area contributed by atoms with Gasteiger partial charge in [-0.25, -0.2) is 0 Å². The summed E-state index contributed by atoms with van der Waals surface area (Å²) in [6.45, 7) is 18.5.